The molecule has 1 aromatic heterocycles. The second-order valence-electron chi connectivity index (χ2n) is 3.76. The van der Waals surface area contributed by atoms with E-state index in [4.69, 9.17) is 14.6 Å². The summed E-state index contributed by atoms with van der Waals surface area (Å²) in [6, 6.07) is 5.72. The van der Waals surface area contributed by atoms with Crippen LogP contribution in [0, 0.1) is 0 Å². The maximum atomic E-state index is 8.95. The molecule has 0 saturated carbocycles. The Balaban J connectivity index is 1.97. The summed E-state index contributed by atoms with van der Waals surface area (Å²) in [6.45, 7) is 1.07. The highest BCUT2D eigenvalue weighted by atomic mass is 16.6. The molecule has 88 valence electrons. The predicted octanol–water partition coefficient (Wildman–Crippen LogP) is 1.34. The number of aromatic nitrogens is 2. The number of hydrogen-bond donors (Lipinski definition) is 2. The van der Waals surface area contributed by atoms with Gasteiger partial charge in [-0.05, 0) is 18.2 Å². The molecule has 17 heavy (non-hydrogen) atoms. The van der Waals surface area contributed by atoms with Crippen molar-refractivity contribution in [2.75, 3.05) is 13.2 Å². The van der Waals surface area contributed by atoms with Crippen molar-refractivity contribution >= 4 is 0 Å². The summed E-state index contributed by atoms with van der Waals surface area (Å²) in [5.74, 6) is 2.06. The highest BCUT2D eigenvalue weighted by molar-refractivity contribution is 5.63. The molecule has 0 unspecified atom stereocenters. The predicted molar refractivity (Wildman–Crippen MR) is 60.9 cm³/mol. The van der Waals surface area contributed by atoms with Gasteiger partial charge in [-0.3, -0.25) is 0 Å². The maximum Gasteiger partial charge on any atom is 0.162 e. The minimum atomic E-state index is -0.0927. The number of imidazole rings is 1. The third kappa shape index (κ3) is 1.85. The lowest BCUT2D eigenvalue weighted by atomic mass is 10.1. The van der Waals surface area contributed by atoms with E-state index >= 15 is 0 Å². The molecule has 1 aliphatic rings. The van der Waals surface area contributed by atoms with E-state index in [1.54, 1.807) is 6.20 Å². The Morgan fingerprint density at radius 1 is 1.24 bits per heavy atom. The van der Waals surface area contributed by atoms with E-state index in [1.165, 1.54) is 0 Å². The van der Waals surface area contributed by atoms with Crippen LogP contribution in [0.25, 0.3) is 11.3 Å². The molecule has 5 heteroatoms. The van der Waals surface area contributed by atoms with E-state index in [0.717, 1.165) is 22.8 Å². The molecule has 2 heterocycles. The number of hydrogen-bond acceptors (Lipinski definition) is 4. The first-order chi connectivity index (χ1) is 8.36. The summed E-state index contributed by atoms with van der Waals surface area (Å²) in [5.41, 5.74) is 1.81. The largest absolute Gasteiger partial charge is 0.486 e. The number of rotatable bonds is 2. The van der Waals surface area contributed by atoms with Gasteiger partial charge in [-0.25, -0.2) is 4.98 Å². The average Bonchev–Trinajstić information content (AvgIpc) is 2.87. The Bertz CT molecular complexity index is 536. The summed E-state index contributed by atoms with van der Waals surface area (Å²) >= 11 is 0. The van der Waals surface area contributed by atoms with Crippen molar-refractivity contribution in [2.24, 2.45) is 0 Å². The molecule has 0 aliphatic carbocycles. The summed E-state index contributed by atoms with van der Waals surface area (Å²) in [5, 5.41) is 8.95. The van der Waals surface area contributed by atoms with E-state index in [-0.39, 0.29) is 6.61 Å². The molecule has 1 aliphatic heterocycles. The number of aliphatic hydroxyl groups is 1. The molecule has 0 saturated heterocycles. The zero-order chi connectivity index (χ0) is 11.7. The van der Waals surface area contributed by atoms with Crippen molar-refractivity contribution in [3.05, 3.63) is 30.2 Å². The van der Waals surface area contributed by atoms with Gasteiger partial charge in [-0.15, -0.1) is 0 Å². The third-order valence-corrected chi connectivity index (χ3v) is 2.63. The number of nitrogens with one attached hydrogen (secondary N) is 1. The average molecular weight is 232 g/mol. The van der Waals surface area contributed by atoms with Crippen LogP contribution in [0.1, 0.15) is 5.82 Å². The molecule has 2 N–H and O–H groups in total. The molecule has 3 rings (SSSR count). The fourth-order valence-electron chi connectivity index (χ4n) is 1.80. The van der Waals surface area contributed by atoms with Crippen LogP contribution in [-0.2, 0) is 6.61 Å². The zero-order valence-electron chi connectivity index (χ0n) is 9.14. The molecule has 0 radical (unpaired) electrons. The van der Waals surface area contributed by atoms with Gasteiger partial charge in [0.2, 0.25) is 0 Å². The van der Waals surface area contributed by atoms with E-state index < -0.39 is 0 Å². The third-order valence-electron chi connectivity index (χ3n) is 2.63. The maximum absolute atomic E-state index is 8.95. The summed E-state index contributed by atoms with van der Waals surface area (Å²) < 4.78 is 11.0. The van der Waals surface area contributed by atoms with Gasteiger partial charge in [-0.2, -0.15) is 0 Å². The molecule has 0 spiro atoms. The fraction of sp³-hybridized carbons (Fsp3) is 0.250. The van der Waals surface area contributed by atoms with Gasteiger partial charge in [0.15, 0.2) is 11.5 Å². The van der Waals surface area contributed by atoms with Crippen LogP contribution in [0.5, 0.6) is 11.5 Å². The Morgan fingerprint density at radius 2 is 2.06 bits per heavy atom. The van der Waals surface area contributed by atoms with Crippen molar-refractivity contribution in [1.82, 2.24) is 9.97 Å². The lowest BCUT2D eigenvalue weighted by Gasteiger charge is -2.18. The normalized spacial score (nSPS) is 13.7. The van der Waals surface area contributed by atoms with Crippen molar-refractivity contribution in [3.8, 4) is 22.8 Å². The molecule has 1 aromatic carbocycles. The van der Waals surface area contributed by atoms with E-state index in [1.807, 2.05) is 18.2 Å². The smallest absolute Gasteiger partial charge is 0.162 e. The van der Waals surface area contributed by atoms with Crippen LogP contribution < -0.4 is 9.47 Å². The molecule has 0 atom stereocenters. The molecule has 0 bridgehead atoms. The minimum Gasteiger partial charge on any atom is -0.486 e. The standard InChI is InChI=1S/C12H12N2O3/c15-7-12-13-6-9(14-12)8-1-2-10-11(5-8)17-4-3-16-10/h1-2,5-6,15H,3-4,7H2,(H,13,14). The zero-order valence-corrected chi connectivity index (χ0v) is 9.14. The highest BCUT2D eigenvalue weighted by Crippen LogP contribution is 2.33. The van der Waals surface area contributed by atoms with Crippen LogP contribution >= 0.6 is 0 Å². The number of benzene rings is 1. The van der Waals surface area contributed by atoms with E-state index in [0.29, 0.717) is 19.0 Å². The topological polar surface area (TPSA) is 67.4 Å². The molecular weight excluding hydrogens is 220 g/mol. The molecule has 0 amide bonds. The van der Waals surface area contributed by atoms with E-state index in [9.17, 15) is 0 Å². The van der Waals surface area contributed by atoms with Crippen LogP contribution in [-0.4, -0.2) is 28.3 Å². The highest BCUT2D eigenvalue weighted by Gasteiger charge is 2.13. The van der Waals surface area contributed by atoms with Crippen LogP contribution in [0.3, 0.4) is 0 Å². The van der Waals surface area contributed by atoms with E-state index in [2.05, 4.69) is 9.97 Å². The number of fused-ring (bicyclic) bond motifs is 1. The monoisotopic (exact) mass is 232 g/mol. The van der Waals surface area contributed by atoms with Crippen molar-refractivity contribution in [2.45, 2.75) is 6.61 Å². The number of aliphatic hydroxyl groups excluding tert-OH is 1. The molecule has 0 fully saturated rings. The number of aromatic amines is 1. The van der Waals surface area contributed by atoms with Gasteiger partial charge in [0, 0.05) is 5.56 Å². The van der Waals surface area contributed by atoms with Gasteiger partial charge in [-0.1, -0.05) is 0 Å². The Labute approximate surface area is 98.0 Å². The molecule has 5 nitrogen and oxygen atoms in total. The number of H-pyrrole nitrogens is 1. The van der Waals surface area contributed by atoms with Crippen molar-refractivity contribution in [1.29, 1.82) is 0 Å². The summed E-state index contributed by atoms with van der Waals surface area (Å²) in [4.78, 5) is 7.07. The van der Waals surface area contributed by atoms with Gasteiger partial charge in [0.05, 0.1) is 11.9 Å². The van der Waals surface area contributed by atoms with Gasteiger partial charge < -0.3 is 19.6 Å². The first kappa shape index (κ1) is 10.2. The Hall–Kier alpha value is -2.01. The van der Waals surface area contributed by atoms with Crippen molar-refractivity contribution in [3.63, 3.8) is 0 Å². The summed E-state index contributed by atoms with van der Waals surface area (Å²) in [6.07, 6.45) is 1.69. The Kier molecular flexibility index (Phi) is 2.45. The second-order valence-corrected chi connectivity index (χ2v) is 3.76. The summed E-state index contributed by atoms with van der Waals surface area (Å²) in [7, 11) is 0. The number of nitrogens with zero attached hydrogens (tertiary/aromatic N) is 1. The number of ether oxygens (including phenoxy) is 2. The van der Waals surface area contributed by atoms with Crippen LogP contribution in [0.2, 0.25) is 0 Å². The molecular formula is C12H12N2O3. The molecule has 2 aromatic rings. The van der Waals surface area contributed by atoms with Gasteiger partial charge in [0.25, 0.3) is 0 Å². The fourth-order valence-corrected chi connectivity index (χ4v) is 1.80. The SMILES string of the molecule is OCc1ncc(-c2ccc3c(c2)OCCO3)[nH]1. The van der Waals surface area contributed by atoms with Gasteiger partial charge >= 0.3 is 0 Å². The van der Waals surface area contributed by atoms with Crippen LogP contribution in [0.4, 0.5) is 0 Å². The second kappa shape index (κ2) is 4.10. The van der Waals surface area contributed by atoms with Crippen molar-refractivity contribution < 1.29 is 14.6 Å². The first-order valence-electron chi connectivity index (χ1n) is 5.41. The Morgan fingerprint density at radius 3 is 2.82 bits per heavy atom. The first-order valence-corrected chi connectivity index (χ1v) is 5.41. The quantitative estimate of drug-likeness (QED) is 0.820. The lowest BCUT2D eigenvalue weighted by molar-refractivity contribution is 0.171. The van der Waals surface area contributed by atoms with Crippen LogP contribution in [0.15, 0.2) is 24.4 Å². The van der Waals surface area contributed by atoms with Gasteiger partial charge in [0.1, 0.15) is 25.6 Å². The minimum absolute atomic E-state index is 0.0927. The lowest BCUT2D eigenvalue weighted by Crippen LogP contribution is -2.15.